The topological polar surface area (TPSA) is 0 Å². The van der Waals surface area contributed by atoms with Crippen LogP contribution in [0.3, 0.4) is 0 Å². The van der Waals surface area contributed by atoms with Crippen LogP contribution in [0.1, 0.15) is 49.9 Å². The first kappa shape index (κ1) is 63.8. The van der Waals surface area contributed by atoms with Crippen LogP contribution in [0, 0.1) is 0 Å². The Balaban J connectivity index is 0.000000181. The van der Waals surface area contributed by atoms with Crippen LogP contribution in [0.4, 0.5) is 0 Å². The third-order valence-electron chi connectivity index (χ3n) is 13.2. The van der Waals surface area contributed by atoms with Gasteiger partial charge in [0.2, 0.25) is 0 Å². The summed E-state index contributed by atoms with van der Waals surface area (Å²) in [5, 5.41) is 10.9. The summed E-state index contributed by atoms with van der Waals surface area (Å²) in [7, 11) is 0. The van der Waals surface area contributed by atoms with Gasteiger partial charge in [-0.15, -0.1) is 138 Å². The van der Waals surface area contributed by atoms with Crippen LogP contribution >= 0.6 is 0 Å². The summed E-state index contributed by atoms with van der Waals surface area (Å²) < 4.78 is 0. The van der Waals surface area contributed by atoms with E-state index in [0.717, 1.165) is 25.7 Å². The Morgan fingerprint density at radius 2 is 0.462 bits per heavy atom. The van der Waals surface area contributed by atoms with Crippen molar-refractivity contribution in [1.29, 1.82) is 0 Å². The molecule has 0 unspecified atom stereocenters. The van der Waals surface area contributed by atoms with Crippen molar-refractivity contribution in [3.8, 4) is 44.5 Å². The fraction of sp³-hybridized carbons (Fsp3) is 0.167. The van der Waals surface area contributed by atoms with E-state index in [2.05, 4.69) is 297 Å². The Bertz CT molecular complexity index is 3220. The Morgan fingerprint density at radius 1 is 0.282 bits per heavy atom. The minimum Gasteiger partial charge on any atom is -1.00 e. The molecule has 0 atom stereocenters. The number of halogens is 2. The standard InChI is InChI=1S/4C17H15.2C2H6Si.2ClH.2Zr/c4*1-2-13-11-15-9-6-10-16(17(15)12-13)14-7-4-3-5-8-14;2*1-3-2;;;;/h4*3-12H,2H2,1H3;2*1-2H3;2*1H;;/q4*-1;;;;;2*+2/p-2. The van der Waals surface area contributed by atoms with Crippen molar-refractivity contribution in [2.24, 2.45) is 0 Å². The third-order valence-corrected chi connectivity index (χ3v) is 13.2. The van der Waals surface area contributed by atoms with E-state index in [-0.39, 0.29) is 35.7 Å². The Hall–Kier alpha value is -5.02. The zero-order valence-corrected chi connectivity index (χ0v) is 55.1. The van der Waals surface area contributed by atoms with Crippen LogP contribution in [0.25, 0.3) is 87.6 Å². The predicted molar refractivity (Wildman–Crippen MR) is 332 cm³/mol. The first-order chi connectivity index (χ1) is 37.0. The SMILES string of the molecule is CCc1cc2c(-c3ccccc3)cccc2[cH-]1.CCc1cc2c(-c3ccccc3)cccc2[cH-]1.CCc1cc2c(-c3ccccc3)cccc2[cH-]1.CCc1cc2c(-c3ccccc3)cccc2[cH-]1.C[Si](C)=[Zr+2].C[Si](C)=[Zr+2].[Cl-].[Cl-]. The molecule has 0 spiro atoms. The second-order valence-electron chi connectivity index (χ2n) is 19.6. The smallest absolute Gasteiger partial charge is 1.00 e. The molecule has 6 heteroatoms. The largest absolute Gasteiger partial charge is 1.00 e. The van der Waals surface area contributed by atoms with Crippen molar-refractivity contribution in [3.63, 3.8) is 0 Å². The molecule has 0 saturated carbocycles. The molecule has 12 rings (SSSR count). The van der Waals surface area contributed by atoms with Crippen LogP contribution in [-0.2, 0) is 72.4 Å². The quantitative estimate of drug-likeness (QED) is 0.105. The van der Waals surface area contributed by atoms with Crippen LogP contribution in [-0.4, -0.2) is 10.9 Å². The molecule has 0 heterocycles. The third kappa shape index (κ3) is 18.0. The van der Waals surface area contributed by atoms with Crippen molar-refractivity contribution < 1.29 is 71.5 Å². The van der Waals surface area contributed by atoms with E-state index in [1.54, 1.807) is 46.7 Å². The minimum absolute atomic E-state index is 0. The molecule has 0 nitrogen and oxygen atoms in total. The van der Waals surface area contributed by atoms with E-state index in [1.807, 2.05) is 0 Å². The molecule has 0 fully saturated rings. The van der Waals surface area contributed by atoms with Gasteiger partial charge in [0.05, 0.1) is 0 Å². The fourth-order valence-corrected chi connectivity index (χ4v) is 9.48. The van der Waals surface area contributed by atoms with Crippen LogP contribution in [0.15, 0.2) is 243 Å². The van der Waals surface area contributed by atoms with Gasteiger partial charge in [-0.3, -0.25) is 0 Å². The number of fused-ring (bicyclic) bond motifs is 4. The second kappa shape index (κ2) is 32.9. The molecule has 0 bridgehead atoms. The molecule has 12 aromatic carbocycles. The van der Waals surface area contributed by atoms with Crippen LogP contribution < -0.4 is 24.8 Å². The van der Waals surface area contributed by atoms with Gasteiger partial charge >= 0.3 is 83.7 Å². The van der Waals surface area contributed by atoms with Gasteiger partial charge in [0.1, 0.15) is 0 Å². The number of aryl methyl sites for hydroxylation is 4. The summed E-state index contributed by atoms with van der Waals surface area (Å²) in [6.07, 6.45) is 4.40. The van der Waals surface area contributed by atoms with Gasteiger partial charge in [0, 0.05) is 0 Å². The first-order valence-electron chi connectivity index (χ1n) is 27.0. The molecular weight excluding hydrogens is 1170 g/mol. The van der Waals surface area contributed by atoms with E-state index in [0.29, 0.717) is 0 Å². The zero-order chi connectivity index (χ0) is 53.8. The number of hydrogen-bond donors (Lipinski definition) is 0. The van der Waals surface area contributed by atoms with Gasteiger partial charge in [0.15, 0.2) is 0 Å². The Morgan fingerprint density at radius 3 is 0.628 bits per heavy atom. The summed E-state index contributed by atoms with van der Waals surface area (Å²) in [4.78, 5) is 0. The zero-order valence-electron chi connectivity index (χ0n) is 46.7. The van der Waals surface area contributed by atoms with Gasteiger partial charge in [-0.2, -0.15) is 24.3 Å². The van der Waals surface area contributed by atoms with Crippen molar-refractivity contribution in [1.82, 2.24) is 0 Å². The van der Waals surface area contributed by atoms with Gasteiger partial charge in [-0.25, -0.2) is 0 Å². The van der Waals surface area contributed by atoms with E-state index >= 15 is 0 Å². The van der Waals surface area contributed by atoms with Gasteiger partial charge in [0.25, 0.3) is 0 Å². The van der Waals surface area contributed by atoms with E-state index < -0.39 is 0 Å². The number of benzene rings is 8. The summed E-state index contributed by atoms with van der Waals surface area (Å²) in [6.45, 7) is 18.1. The molecule has 78 heavy (non-hydrogen) atoms. The van der Waals surface area contributed by atoms with Crippen molar-refractivity contribution in [3.05, 3.63) is 265 Å². The maximum atomic E-state index is 2.32. The molecule has 0 aliphatic carbocycles. The van der Waals surface area contributed by atoms with E-state index in [9.17, 15) is 0 Å². The van der Waals surface area contributed by atoms with Gasteiger partial charge in [-0.05, 0) is 47.9 Å². The predicted octanol–water partition coefficient (Wildman–Crippen LogP) is 14.7. The van der Waals surface area contributed by atoms with Crippen LogP contribution in [0.5, 0.6) is 0 Å². The minimum atomic E-state index is 0. The summed E-state index contributed by atoms with van der Waals surface area (Å²) >= 11 is 3.48. The normalized spacial score (nSPS) is 10.2. The van der Waals surface area contributed by atoms with Crippen LogP contribution in [0.2, 0.25) is 26.2 Å². The van der Waals surface area contributed by atoms with Gasteiger partial charge < -0.3 is 24.8 Å². The summed E-state index contributed by atoms with van der Waals surface area (Å²) in [5.41, 5.74) is 16.6. The molecule has 0 N–H and O–H groups in total. The van der Waals surface area contributed by atoms with Gasteiger partial charge in [-0.1, -0.05) is 196 Å². The summed E-state index contributed by atoms with van der Waals surface area (Å²) in [5.74, 6) is 0. The molecule has 0 aliphatic rings. The molecule has 392 valence electrons. The molecule has 0 saturated heterocycles. The van der Waals surface area contributed by atoms with Crippen molar-refractivity contribution in [2.75, 3.05) is 0 Å². The monoisotopic (exact) mass is 1240 g/mol. The Labute approximate surface area is 509 Å². The number of hydrogen-bond acceptors (Lipinski definition) is 0. The van der Waals surface area contributed by atoms with Crippen molar-refractivity contribution >= 4 is 54.0 Å². The fourth-order valence-electron chi connectivity index (χ4n) is 9.48. The molecular formula is C72H72Cl2Si2Zr2-2. The average Bonchev–Trinajstić information content (AvgIpc) is 4.29. The van der Waals surface area contributed by atoms with Crippen molar-refractivity contribution in [2.45, 2.75) is 79.6 Å². The van der Waals surface area contributed by atoms with E-state index in [4.69, 9.17) is 0 Å². The van der Waals surface area contributed by atoms with E-state index in [1.165, 1.54) is 110 Å². The molecule has 0 aromatic heterocycles. The molecule has 0 amide bonds. The number of rotatable bonds is 8. The summed E-state index contributed by atoms with van der Waals surface area (Å²) in [6, 6.07) is 87.0. The first-order valence-corrected chi connectivity index (χ1v) is 39.4. The Kier molecular flexibility index (Phi) is 26.9. The molecule has 0 aliphatic heterocycles. The average molecular weight is 1250 g/mol. The maximum absolute atomic E-state index is 2.32. The second-order valence-corrected chi connectivity index (χ2v) is 38.3. The molecule has 12 aromatic rings. The maximum Gasteiger partial charge on any atom is -1.00 e. The molecule has 0 radical (unpaired) electrons.